The van der Waals surface area contributed by atoms with Crippen molar-refractivity contribution in [1.29, 1.82) is 0 Å². The summed E-state index contributed by atoms with van der Waals surface area (Å²) in [7, 11) is 0. The number of halogens is 6. The molecule has 3 nitrogen and oxygen atoms in total. The normalized spacial score (nSPS) is 11.3. The molecule has 0 heterocycles. The van der Waals surface area contributed by atoms with Crippen LogP contribution in [0.15, 0.2) is 17.1 Å². The lowest BCUT2D eigenvalue weighted by molar-refractivity contribution is -0.163. The van der Waals surface area contributed by atoms with Gasteiger partial charge in [0, 0.05) is 12.1 Å². The lowest BCUT2D eigenvalue weighted by Crippen LogP contribution is -2.32. The largest absolute Gasteiger partial charge is 0.430 e. The number of benzene rings is 1. The number of alkyl halides is 4. The van der Waals surface area contributed by atoms with Crippen molar-refractivity contribution in [3.05, 3.63) is 22.2 Å². The number of hydrogen-bond donors (Lipinski definition) is 0. The summed E-state index contributed by atoms with van der Waals surface area (Å²) in [6.45, 7) is 0. The molecule has 0 spiro atoms. The van der Waals surface area contributed by atoms with E-state index < -0.39 is 10.9 Å². The molecule has 0 bridgehead atoms. The molecule has 1 aromatic carbocycles. The van der Waals surface area contributed by atoms with Crippen LogP contribution in [0.3, 0.4) is 0 Å². The molecule has 1 aromatic rings. The number of ether oxygens (including phenoxy) is 1. The molecule has 0 aromatic heterocycles. The van der Waals surface area contributed by atoms with E-state index in [0.717, 1.165) is 12.1 Å². The van der Waals surface area contributed by atoms with Crippen LogP contribution in [-0.4, -0.2) is 17.0 Å². The summed E-state index contributed by atoms with van der Waals surface area (Å²) in [4.78, 5) is 11.2. The molecule has 0 unspecified atom stereocenters. The van der Waals surface area contributed by atoms with Crippen LogP contribution >= 0.6 is 46.4 Å². The van der Waals surface area contributed by atoms with Crippen LogP contribution in [0.25, 0.3) is 0 Å². The van der Waals surface area contributed by atoms with Gasteiger partial charge in [0.15, 0.2) is 0 Å². The van der Waals surface area contributed by atoms with Gasteiger partial charge in [-0.1, -0.05) is 46.4 Å². The minimum Gasteiger partial charge on any atom is -0.430 e. The zero-order chi connectivity index (χ0) is 13.9. The van der Waals surface area contributed by atoms with E-state index in [2.05, 4.69) is 9.73 Å². The van der Waals surface area contributed by atoms with Crippen molar-refractivity contribution in [3.8, 4) is 5.75 Å². The molecule has 0 atom stereocenters. The van der Waals surface area contributed by atoms with Crippen molar-refractivity contribution in [2.45, 2.75) is 10.9 Å². The van der Waals surface area contributed by atoms with Gasteiger partial charge < -0.3 is 4.74 Å². The summed E-state index contributed by atoms with van der Waals surface area (Å²) in [5, 5.41) is -0.310. The Kier molecular flexibility index (Phi) is 5.20. The molecule has 18 heavy (non-hydrogen) atoms. The maximum Gasteiger partial charge on any atom is 0.428 e. The highest BCUT2D eigenvalue weighted by atomic mass is 35.5. The Bertz CT molecular complexity index is 480. The molecule has 0 saturated carbocycles. The van der Waals surface area contributed by atoms with Gasteiger partial charge in [0.1, 0.15) is 11.4 Å². The minimum absolute atomic E-state index is 0.0997. The summed E-state index contributed by atoms with van der Waals surface area (Å²) in [6.07, 6.45) is -2.59. The zero-order valence-electron chi connectivity index (χ0n) is 8.26. The fourth-order valence-electron chi connectivity index (χ4n) is 0.955. The van der Waals surface area contributed by atoms with E-state index in [1.165, 1.54) is 6.08 Å². The van der Waals surface area contributed by atoms with Crippen LogP contribution < -0.4 is 4.74 Å². The molecule has 0 N–H and O–H groups in total. The van der Waals surface area contributed by atoms with Gasteiger partial charge in [-0.15, -0.1) is 0 Å². The third-order valence-corrected chi connectivity index (χ3v) is 2.74. The monoisotopic (exact) mass is 335 g/mol. The van der Waals surface area contributed by atoms with Gasteiger partial charge in [-0.3, -0.25) is 0 Å². The van der Waals surface area contributed by atoms with Crippen molar-refractivity contribution in [3.63, 3.8) is 0 Å². The zero-order valence-corrected chi connectivity index (χ0v) is 11.3. The Morgan fingerprint density at radius 2 is 1.78 bits per heavy atom. The molecule has 9 heteroatoms. The molecule has 0 radical (unpaired) electrons. The van der Waals surface area contributed by atoms with E-state index in [1.54, 1.807) is 0 Å². The summed E-state index contributed by atoms with van der Waals surface area (Å²) in [5.41, 5.74) is -0.0997. The molecule has 0 aliphatic carbocycles. The predicted octanol–water partition coefficient (Wildman–Crippen LogP) is 4.74. The fraction of sp³-hybridized carbons (Fsp3) is 0.222. The number of hydrogen-bond acceptors (Lipinski definition) is 3. The SMILES string of the molecule is O=C=Nc1c(Cl)cc(OC(F)(F)C(Cl)Cl)cc1Cl. The first-order valence-electron chi connectivity index (χ1n) is 4.20. The molecule has 1 rings (SSSR count). The standard InChI is InChI=1S/C9H3Cl4F2NO2/c10-5-1-4(18-9(14,15)8(12)13)2-6(11)7(5)16-3-17/h1-2,8H. The summed E-state index contributed by atoms with van der Waals surface area (Å²) >= 11 is 21.4. The van der Waals surface area contributed by atoms with Gasteiger partial charge in [-0.25, -0.2) is 4.79 Å². The first-order chi connectivity index (χ1) is 8.27. The van der Waals surface area contributed by atoms with Crippen LogP contribution in [0.5, 0.6) is 5.75 Å². The Balaban J connectivity index is 3.11. The van der Waals surface area contributed by atoms with Gasteiger partial charge in [-0.2, -0.15) is 13.8 Å². The van der Waals surface area contributed by atoms with Crippen LogP contribution in [0.1, 0.15) is 0 Å². The first kappa shape index (κ1) is 15.5. The average Bonchev–Trinajstić information content (AvgIpc) is 2.22. The third-order valence-electron chi connectivity index (χ3n) is 1.66. The topological polar surface area (TPSA) is 38.7 Å². The second-order valence-electron chi connectivity index (χ2n) is 2.90. The van der Waals surface area contributed by atoms with Gasteiger partial charge >= 0.3 is 6.11 Å². The maximum atomic E-state index is 13.1. The summed E-state index contributed by atoms with van der Waals surface area (Å²) < 4.78 is 30.4. The van der Waals surface area contributed by atoms with E-state index >= 15 is 0 Å². The second-order valence-corrected chi connectivity index (χ2v) is 4.81. The highest BCUT2D eigenvalue weighted by Crippen LogP contribution is 2.39. The molecular weight excluding hydrogens is 334 g/mol. The average molecular weight is 337 g/mol. The minimum atomic E-state index is -3.81. The fourth-order valence-corrected chi connectivity index (χ4v) is 1.60. The van der Waals surface area contributed by atoms with Crippen molar-refractivity contribution < 1.29 is 18.3 Å². The molecular formula is C9H3Cl4F2NO2. The van der Waals surface area contributed by atoms with E-state index in [0.29, 0.717) is 0 Å². The third kappa shape index (κ3) is 3.70. The van der Waals surface area contributed by atoms with E-state index in [4.69, 9.17) is 46.4 Å². The van der Waals surface area contributed by atoms with Crippen molar-refractivity contribution in [2.24, 2.45) is 4.99 Å². The quantitative estimate of drug-likeness (QED) is 0.452. The highest BCUT2D eigenvalue weighted by Gasteiger charge is 2.40. The maximum absolute atomic E-state index is 13.1. The van der Waals surface area contributed by atoms with Gasteiger partial charge in [-0.05, 0) is 0 Å². The number of isocyanates is 1. The lowest BCUT2D eigenvalue weighted by Gasteiger charge is -2.19. The smallest absolute Gasteiger partial charge is 0.428 e. The number of aliphatic imine (C=N–C) groups is 1. The molecule has 98 valence electrons. The summed E-state index contributed by atoms with van der Waals surface area (Å²) in [5.74, 6) is -0.369. The first-order valence-corrected chi connectivity index (χ1v) is 5.82. The molecule has 0 amide bonds. The summed E-state index contributed by atoms with van der Waals surface area (Å²) in [6, 6.07) is 1.99. The van der Waals surface area contributed by atoms with Gasteiger partial charge in [0.25, 0.3) is 0 Å². The number of rotatable bonds is 4. The van der Waals surface area contributed by atoms with Crippen molar-refractivity contribution in [1.82, 2.24) is 0 Å². The Morgan fingerprint density at radius 3 is 2.17 bits per heavy atom. The molecule has 0 saturated heterocycles. The predicted molar refractivity (Wildman–Crippen MR) is 65.3 cm³/mol. The van der Waals surface area contributed by atoms with E-state index in [-0.39, 0.29) is 21.5 Å². The Labute approximate surface area is 120 Å². The van der Waals surface area contributed by atoms with Crippen LogP contribution in [-0.2, 0) is 4.79 Å². The molecule has 0 fully saturated rings. The molecule has 0 aliphatic rings. The van der Waals surface area contributed by atoms with Gasteiger partial charge in [0.05, 0.1) is 10.0 Å². The highest BCUT2D eigenvalue weighted by molar-refractivity contribution is 6.44. The van der Waals surface area contributed by atoms with Crippen molar-refractivity contribution in [2.75, 3.05) is 0 Å². The Hall–Kier alpha value is -0.580. The van der Waals surface area contributed by atoms with Crippen molar-refractivity contribution >= 4 is 58.2 Å². The van der Waals surface area contributed by atoms with E-state index in [9.17, 15) is 13.6 Å². The van der Waals surface area contributed by atoms with Gasteiger partial charge in [0.2, 0.25) is 10.9 Å². The molecule has 0 aliphatic heterocycles. The number of nitrogens with zero attached hydrogens (tertiary/aromatic N) is 1. The Morgan fingerprint density at radius 1 is 1.28 bits per heavy atom. The van der Waals surface area contributed by atoms with Crippen LogP contribution in [0.4, 0.5) is 14.5 Å². The van der Waals surface area contributed by atoms with Crippen LogP contribution in [0, 0.1) is 0 Å². The van der Waals surface area contributed by atoms with Crippen LogP contribution in [0.2, 0.25) is 10.0 Å². The lowest BCUT2D eigenvalue weighted by atomic mass is 10.3. The van der Waals surface area contributed by atoms with E-state index in [1.807, 2.05) is 0 Å². The number of carbonyl (C=O) groups excluding carboxylic acids is 1. The second kappa shape index (κ2) is 6.04.